The average molecular weight is 372 g/mol. The highest BCUT2D eigenvalue weighted by atomic mass is 19.1. The molecule has 5 rings (SSSR count). The number of fused-ring (bicyclic) bond motifs is 1. The van der Waals surface area contributed by atoms with E-state index in [1.807, 2.05) is 6.92 Å². The summed E-state index contributed by atoms with van der Waals surface area (Å²) in [6.45, 7) is 4.66. The van der Waals surface area contributed by atoms with Gasteiger partial charge in [0.25, 0.3) is 5.91 Å². The molecular weight excluding hydrogens is 343 g/mol. The van der Waals surface area contributed by atoms with Gasteiger partial charge in [0.1, 0.15) is 5.82 Å². The lowest BCUT2D eigenvalue weighted by Gasteiger charge is -2.29. The minimum absolute atomic E-state index is 0.0252. The molecule has 1 aromatic rings. The zero-order chi connectivity index (χ0) is 18.6. The Morgan fingerprint density at radius 3 is 2.96 bits per heavy atom. The highest BCUT2D eigenvalue weighted by Gasteiger charge is 2.63. The zero-order valence-electron chi connectivity index (χ0n) is 16.0. The number of likely N-dealkylation sites (tertiary alicyclic amines) is 1. The number of benzene rings is 1. The van der Waals surface area contributed by atoms with E-state index in [2.05, 4.69) is 10.2 Å². The van der Waals surface area contributed by atoms with Crippen LogP contribution >= 0.6 is 0 Å². The number of ether oxygens (including phenoxy) is 1. The maximum Gasteiger partial charge on any atom is 0.251 e. The summed E-state index contributed by atoms with van der Waals surface area (Å²) in [6, 6.07) is 5.13. The van der Waals surface area contributed by atoms with E-state index in [1.165, 1.54) is 44.2 Å². The molecule has 3 heterocycles. The topological polar surface area (TPSA) is 41.6 Å². The monoisotopic (exact) mass is 372 g/mol. The van der Waals surface area contributed by atoms with Crippen LogP contribution in [0.3, 0.4) is 0 Å². The number of hydrogen-bond donors (Lipinski definition) is 1. The normalized spacial score (nSPS) is 35.7. The van der Waals surface area contributed by atoms with Gasteiger partial charge in [-0.3, -0.25) is 9.69 Å². The number of rotatable bonds is 4. The van der Waals surface area contributed by atoms with Crippen LogP contribution in [0.25, 0.3) is 0 Å². The van der Waals surface area contributed by atoms with Crippen LogP contribution in [0.15, 0.2) is 18.2 Å². The predicted molar refractivity (Wildman–Crippen MR) is 101 cm³/mol. The molecule has 1 amide bonds. The molecule has 4 fully saturated rings. The van der Waals surface area contributed by atoms with Crippen molar-refractivity contribution in [3.05, 3.63) is 35.1 Å². The van der Waals surface area contributed by atoms with Crippen molar-refractivity contribution < 1.29 is 13.9 Å². The van der Waals surface area contributed by atoms with E-state index in [0.29, 0.717) is 23.9 Å². The van der Waals surface area contributed by atoms with Crippen LogP contribution in [0.2, 0.25) is 0 Å². The fraction of sp³-hybridized carbons (Fsp3) is 0.682. The van der Waals surface area contributed by atoms with Gasteiger partial charge < -0.3 is 10.1 Å². The Morgan fingerprint density at radius 2 is 2.15 bits per heavy atom. The van der Waals surface area contributed by atoms with Gasteiger partial charge in [-0.1, -0.05) is 18.9 Å². The second-order valence-corrected chi connectivity index (χ2v) is 9.07. The summed E-state index contributed by atoms with van der Waals surface area (Å²) in [4.78, 5) is 15.3. The van der Waals surface area contributed by atoms with Gasteiger partial charge in [0, 0.05) is 43.1 Å². The van der Waals surface area contributed by atoms with Gasteiger partial charge in [0.15, 0.2) is 0 Å². The first kappa shape index (κ1) is 17.6. The molecule has 3 aliphatic heterocycles. The number of nitrogens with zero attached hydrogens (tertiary/aromatic N) is 1. The van der Waals surface area contributed by atoms with Crippen molar-refractivity contribution >= 4 is 5.91 Å². The van der Waals surface area contributed by atoms with Gasteiger partial charge in [-0.05, 0) is 50.3 Å². The van der Waals surface area contributed by atoms with Gasteiger partial charge in [-0.2, -0.15) is 0 Å². The number of carbonyl (C=O) groups is 1. The summed E-state index contributed by atoms with van der Waals surface area (Å²) >= 11 is 0. The Morgan fingerprint density at radius 1 is 1.33 bits per heavy atom. The Hall–Kier alpha value is -1.46. The minimum atomic E-state index is -0.365. The number of hydrogen-bond acceptors (Lipinski definition) is 3. The minimum Gasteiger partial charge on any atom is -0.370 e. The lowest BCUT2D eigenvalue weighted by Crippen LogP contribution is -2.42. The second kappa shape index (κ2) is 6.56. The van der Waals surface area contributed by atoms with Crippen LogP contribution in [0.5, 0.6) is 0 Å². The quantitative estimate of drug-likeness (QED) is 0.882. The third-order valence-electron chi connectivity index (χ3n) is 7.59. The van der Waals surface area contributed by atoms with Gasteiger partial charge in [0.05, 0.1) is 11.7 Å². The Kier molecular flexibility index (Phi) is 4.28. The van der Waals surface area contributed by atoms with E-state index in [-0.39, 0.29) is 23.4 Å². The van der Waals surface area contributed by atoms with Crippen LogP contribution in [0.4, 0.5) is 4.39 Å². The summed E-state index contributed by atoms with van der Waals surface area (Å²) < 4.78 is 20.0. The molecule has 27 heavy (non-hydrogen) atoms. The van der Waals surface area contributed by atoms with Gasteiger partial charge in [0.2, 0.25) is 0 Å². The molecule has 4 nitrogen and oxygen atoms in total. The van der Waals surface area contributed by atoms with Crippen molar-refractivity contribution in [1.82, 2.24) is 10.2 Å². The van der Waals surface area contributed by atoms with Crippen molar-refractivity contribution in [2.45, 2.75) is 63.2 Å². The smallest absolute Gasteiger partial charge is 0.251 e. The average Bonchev–Trinajstić information content (AvgIpc) is 3.41. The van der Waals surface area contributed by atoms with Crippen molar-refractivity contribution in [2.75, 3.05) is 19.6 Å². The molecule has 0 aromatic heterocycles. The molecule has 0 unspecified atom stereocenters. The van der Waals surface area contributed by atoms with Crippen molar-refractivity contribution in [2.24, 2.45) is 11.8 Å². The van der Waals surface area contributed by atoms with Crippen LogP contribution in [-0.2, 0) is 4.74 Å². The predicted octanol–water partition coefficient (Wildman–Crippen LogP) is 3.29. The maximum absolute atomic E-state index is 13.5. The molecule has 4 aliphatic rings. The van der Waals surface area contributed by atoms with Crippen LogP contribution < -0.4 is 5.32 Å². The number of aryl methyl sites for hydroxylation is 1. The first-order valence-corrected chi connectivity index (χ1v) is 10.5. The van der Waals surface area contributed by atoms with E-state index < -0.39 is 0 Å². The highest BCUT2D eigenvalue weighted by Crippen LogP contribution is 2.55. The summed E-state index contributed by atoms with van der Waals surface area (Å²) in [5, 5.41) is 3.08. The van der Waals surface area contributed by atoms with Crippen molar-refractivity contribution in [3.63, 3.8) is 0 Å². The number of nitrogens with one attached hydrogen (secondary N) is 1. The number of carbonyl (C=O) groups excluding carboxylic acids is 1. The van der Waals surface area contributed by atoms with E-state index in [4.69, 9.17) is 4.74 Å². The lowest BCUT2D eigenvalue weighted by atomic mass is 9.73. The molecule has 1 aliphatic carbocycles. The second-order valence-electron chi connectivity index (χ2n) is 9.07. The van der Waals surface area contributed by atoms with Gasteiger partial charge in [-0.25, -0.2) is 4.39 Å². The van der Waals surface area contributed by atoms with Crippen LogP contribution in [0.1, 0.15) is 54.4 Å². The molecule has 1 N–H and O–H groups in total. The summed E-state index contributed by atoms with van der Waals surface area (Å²) in [6.07, 6.45) is 7.91. The molecule has 0 radical (unpaired) electrons. The third-order valence-corrected chi connectivity index (χ3v) is 7.59. The molecule has 146 valence electrons. The standard InChI is InChI=1S/C22H29FN2O2/c1-14-6-7-15(23)10-17(14)21(26)24-11-18-19-12-25(16-4-2-3-5-16)13-22(19)9-8-20(18)27-22/h6-7,10,16,18-20H,2-5,8-9,11-13H2,1H3,(H,24,26)/t18-,19+,20+,22+/m0/s1. The largest absolute Gasteiger partial charge is 0.370 e. The SMILES string of the molecule is Cc1ccc(F)cc1C(=O)NC[C@H]1[C@H]2CN(C3CCCC3)C[C@]23CC[C@H]1O3. The molecule has 1 spiro atoms. The molecule has 5 heteroatoms. The Labute approximate surface area is 160 Å². The molecular formula is C22H29FN2O2. The van der Waals surface area contributed by atoms with Crippen molar-refractivity contribution in [1.29, 1.82) is 0 Å². The van der Waals surface area contributed by atoms with Crippen LogP contribution in [0, 0.1) is 24.6 Å². The molecule has 3 saturated heterocycles. The molecule has 4 atom stereocenters. The molecule has 2 bridgehead atoms. The fourth-order valence-corrected chi connectivity index (χ4v) is 6.19. The summed E-state index contributed by atoms with van der Waals surface area (Å²) in [5.41, 5.74) is 1.27. The molecule has 1 aromatic carbocycles. The van der Waals surface area contributed by atoms with E-state index >= 15 is 0 Å². The highest BCUT2D eigenvalue weighted by molar-refractivity contribution is 5.95. The Bertz CT molecular complexity index is 748. The van der Waals surface area contributed by atoms with E-state index in [1.54, 1.807) is 6.07 Å². The third kappa shape index (κ3) is 2.90. The number of amides is 1. The maximum atomic E-state index is 13.5. The molecule has 1 saturated carbocycles. The summed E-state index contributed by atoms with van der Waals surface area (Å²) in [5.74, 6) is 0.360. The fourth-order valence-electron chi connectivity index (χ4n) is 6.19. The number of halogens is 1. The van der Waals surface area contributed by atoms with E-state index in [0.717, 1.165) is 31.1 Å². The Balaban J connectivity index is 1.27. The first-order valence-electron chi connectivity index (χ1n) is 10.5. The van der Waals surface area contributed by atoms with Gasteiger partial charge >= 0.3 is 0 Å². The first-order chi connectivity index (χ1) is 13.1. The summed E-state index contributed by atoms with van der Waals surface area (Å²) in [7, 11) is 0. The zero-order valence-corrected chi connectivity index (χ0v) is 16.0. The van der Waals surface area contributed by atoms with Crippen molar-refractivity contribution in [3.8, 4) is 0 Å². The van der Waals surface area contributed by atoms with E-state index in [9.17, 15) is 9.18 Å². The van der Waals surface area contributed by atoms with Gasteiger partial charge in [-0.15, -0.1) is 0 Å². The lowest BCUT2D eigenvalue weighted by molar-refractivity contribution is -0.000874. The van der Waals surface area contributed by atoms with Crippen LogP contribution in [-0.4, -0.2) is 48.2 Å².